The molecule has 0 unspecified atom stereocenters. The molecule has 1 amide bonds. The van der Waals surface area contributed by atoms with Gasteiger partial charge >= 0.3 is 5.97 Å². The summed E-state index contributed by atoms with van der Waals surface area (Å²) in [6.07, 6.45) is 3.10. The maximum Gasteiger partial charge on any atom is 0.341 e. The van der Waals surface area contributed by atoms with Crippen molar-refractivity contribution in [2.45, 2.75) is 22.9 Å². The normalized spacial score (nSPS) is 11.6. The van der Waals surface area contributed by atoms with Crippen LogP contribution in [-0.2, 0) is 9.53 Å². The highest BCUT2D eigenvalue weighted by atomic mass is 35.5. The Labute approximate surface area is 171 Å². The van der Waals surface area contributed by atoms with Gasteiger partial charge in [-0.1, -0.05) is 35.5 Å². The molecular formula is C20H17ClN2O4S. The molecule has 0 aliphatic heterocycles. The van der Waals surface area contributed by atoms with Crippen LogP contribution in [0.1, 0.15) is 29.1 Å². The molecule has 1 aromatic carbocycles. The van der Waals surface area contributed by atoms with E-state index in [9.17, 15) is 9.59 Å². The quantitative estimate of drug-likeness (QED) is 0.570. The molecule has 3 aromatic rings. The lowest BCUT2D eigenvalue weighted by Gasteiger charge is -2.12. The standard InChI is InChI=1S/C20H17ClN2O4S/c1-13(16-8-5-11-26-16)23-18(24)12-27-20(25)14-6-4-10-22-19(14)28-17-9-3-2-7-15(17)21/h2-11,13H,12H2,1H3,(H,23,24)/t13-/m1/s1. The lowest BCUT2D eigenvalue weighted by atomic mass is 10.2. The first-order valence-corrected chi connectivity index (χ1v) is 9.61. The van der Waals surface area contributed by atoms with E-state index in [4.69, 9.17) is 20.8 Å². The number of hydrogen-bond donors (Lipinski definition) is 1. The average Bonchev–Trinajstić information content (AvgIpc) is 3.23. The summed E-state index contributed by atoms with van der Waals surface area (Å²) in [5, 5.41) is 3.71. The van der Waals surface area contributed by atoms with E-state index in [-0.39, 0.29) is 11.6 Å². The Morgan fingerprint density at radius 1 is 1.21 bits per heavy atom. The summed E-state index contributed by atoms with van der Waals surface area (Å²) < 4.78 is 10.4. The topological polar surface area (TPSA) is 81.4 Å². The van der Waals surface area contributed by atoms with Gasteiger partial charge in [0.15, 0.2) is 6.61 Å². The Morgan fingerprint density at radius 2 is 2.04 bits per heavy atom. The van der Waals surface area contributed by atoms with Gasteiger partial charge in [0.1, 0.15) is 10.8 Å². The lowest BCUT2D eigenvalue weighted by Crippen LogP contribution is -2.31. The van der Waals surface area contributed by atoms with E-state index in [1.807, 2.05) is 18.2 Å². The van der Waals surface area contributed by atoms with Crippen LogP contribution in [0.25, 0.3) is 0 Å². The molecule has 0 aliphatic carbocycles. The Morgan fingerprint density at radius 3 is 2.79 bits per heavy atom. The van der Waals surface area contributed by atoms with Gasteiger partial charge in [-0.05, 0) is 43.3 Å². The van der Waals surface area contributed by atoms with Gasteiger partial charge in [0.05, 0.1) is 22.9 Å². The zero-order valence-corrected chi connectivity index (χ0v) is 16.5. The van der Waals surface area contributed by atoms with E-state index in [1.165, 1.54) is 18.0 Å². The van der Waals surface area contributed by atoms with Gasteiger partial charge in [0.2, 0.25) is 0 Å². The summed E-state index contributed by atoms with van der Waals surface area (Å²) >= 11 is 7.43. The van der Waals surface area contributed by atoms with E-state index in [1.54, 1.807) is 43.5 Å². The molecule has 0 saturated heterocycles. The third kappa shape index (κ3) is 5.15. The van der Waals surface area contributed by atoms with E-state index in [2.05, 4.69) is 10.3 Å². The number of nitrogens with one attached hydrogen (secondary N) is 1. The molecule has 6 nitrogen and oxygen atoms in total. The van der Waals surface area contributed by atoms with Gasteiger partial charge in [-0.15, -0.1) is 0 Å². The summed E-state index contributed by atoms with van der Waals surface area (Å²) in [5.41, 5.74) is 0.263. The number of carbonyl (C=O) groups excluding carboxylic acids is 2. The highest BCUT2D eigenvalue weighted by molar-refractivity contribution is 7.99. The Kier molecular flexibility index (Phi) is 6.73. The SMILES string of the molecule is C[C@@H](NC(=O)COC(=O)c1cccnc1Sc1ccccc1Cl)c1ccco1. The van der Waals surface area contributed by atoms with Crippen LogP contribution in [-0.4, -0.2) is 23.5 Å². The van der Waals surface area contributed by atoms with Crippen molar-refractivity contribution in [3.8, 4) is 0 Å². The number of aromatic nitrogens is 1. The maximum atomic E-state index is 12.5. The number of hydrogen-bond acceptors (Lipinski definition) is 6. The van der Waals surface area contributed by atoms with Crippen LogP contribution < -0.4 is 5.32 Å². The molecule has 1 N–H and O–H groups in total. The number of ether oxygens (including phenoxy) is 1. The van der Waals surface area contributed by atoms with Crippen molar-refractivity contribution >= 4 is 35.2 Å². The molecule has 28 heavy (non-hydrogen) atoms. The molecule has 0 bridgehead atoms. The van der Waals surface area contributed by atoms with Gasteiger partial charge in [0, 0.05) is 11.1 Å². The van der Waals surface area contributed by atoms with Crippen molar-refractivity contribution in [1.29, 1.82) is 0 Å². The second-order valence-electron chi connectivity index (χ2n) is 5.77. The largest absolute Gasteiger partial charge is 0.467 e. The summed E-state index contributed by atoms with van der Waals surface area (Å²) in [6, 6.07) is 13.6. The minimum absolute atomic E-state index is 0.263. The molecule has 0 radical (unpaired) electrons. The predicted molar refractivity (Wildman–Crippen MR) is 105 cm³/mol. The van der Waals surface area contributed by atoms with Crippen molar-refractivity contribution in [3.05, 3.63) is 77.3 Å². The molecule has 8 heteroatoms. The fourth-order valence-electron chi connectivity index (χ4n) is 2.36. The first-order chi connectivity index (χ1) is 13.5. The molecule has 0 aliphatic rings. The van der Waals surface area contributed by atoms with E-state index < -0.39 is 18.5 Å². The van der Waals surface area contributed by atoms with Gasteiger partial charge in [-0.2, -0.15) is 0 Å². The molecule has 0 spiro atoms. The van der Waals surface area contributed by atoms with Crippen LogP contribution >= 0.6 is 23.4 Å². The van der Waals surface area contributed by atoms with Crippen LogP contribution in [0.15, 0.2) is 75.3 Å². The minimum atomic E-state index is -0.636. The number of esters is 1. The summed E-state index contributed by atoms with van der Waals surface area (Å²) in [5.74, 6) is -0.449. The average molecular weight is 417 g/mol. The lowest BCUT2D eigenvalue weighted by molar-refractivity contribution is -0.125. The van der Waals surface area contributed by atoms with Crippen molar-refractivity contribution in [1.82, 2.24) is 10.3 Å². The zero-order valence-electron chi connectivity index (χ0n) is 14.9. The van der Waals surface area contributed by atoms with Gasteiger partial charge in [-0.3, -0.25) is 4.79 Å². The van der Waals surface area contributed by atoms with Gasteiger partial charge < -0.3 is 14.5 Å². The van der Waals surface area contributed by atoms with Crippen molar-refractivity contribution in [3.63, 3.8) is 0 Å². The number of halogens is 1. The first-order valence-electron chi connectivity index (χ1n) is 8.42. The molecule has 0 saturated carbocycles. The van der Waals surface area contributed by atoms with Crippen LogP contribution in [0.2, 0.25) is 5.02 Å². The van der Waals surface area contributed by atoms with Crippen LogP contribution in [0.5, 0.6) is 0 Å². The Bertz CT molecular complexity index is 962. The fraction of sp³-hybridized carbons (Fsp3) is 0.150. The Hall–Kier alpha value is -2.77. The summed E-state index contributed by atoms with van der Waals surface area (Å²) in [6.45, 7) is 1.37. The van der Waals surface area contributed by atoms with E-state index >= 15 is 0 Å². The third-order valence-electron chi connectivity index (χ3n) is 3.72. The molecule has 2 heterocycles. The number of furan rings is 1. The molecule has 3 rings (SSSR count). The fourth-order valence-corrected chi connectivity index (χ4v) is 3.51. The summed E-state index contributed by atoms with van der Waals surface area (Å²) in [4.78, 5) is 29.5. The molecule has 0 fully saturated rings. The van der Waals surface area contributed by atoms with Crippen molar-refractivity contribution in [2.75, 3.05) is 6.61 Å². The number of nitrogens with zero attached hydrogens (tertiary/aromatic N) is 1. The zero-order chi connectivity index (χ0) is 19.9. The summed E-state index contributed by atoms with van der Waals surface area (Å²) in [7, 11) is 0. The molecular weight excluding hydrogens is 400 g/mol. The highest BCUT2D eigenvalue weighted by Gasteiger charge is 2.18. The van der Waals surface area contributed by atoms with Crippen LogP contribution in [0.4, 0.5) is 0 Å². The van der Waals surface area contributed by atoms with Gasteiger partial charge in [0.25, 0.3) is 5.91 Å². The number of pyridine rings is 1. The van der Waals surface area contributed by atoms with E-state index in [0.717, 1.165) is 4.90 Å². The Balaban J connectivity index is 1.61. The molecule has 1 atom stereocenters. The third-order valence-corrected chi connectivity index (χ3v) is 5.25. The first kappa shape index (κ1) is 20.0. The maximum absolute atomic E-state index is 12.5. The highest BCUT2D eigenvalue weighted by Crippen LogP contribution is 2.33. The molecule has 2 aromatic heterocycles. The number of benzene rings is 1. The number of carbonyl (C=O) groups is 2. The van der Waals surface area contributed by atoms with Crippen molar-refractivity contribution in [2.24, 2.45) is 0 Å². The second kappa shape index (κ2) is 9.43. The van der Waals surface area contributed by atoms with Gasteiger partial charge in [-0.25, -0.2) is 9.78 Å². The van der Waals surface area contributed by atoms with Crippen molar-refractivity contribution < 1.29 is 18.7 Å². The second-order valence-corrected chi connectivity index (χ2v) is 7.21. The minimum Gasteiger partial charge on any atom is -0.467 e. The molecule has 144 valence electrons. The number of amides is 1. The van der Waals surface area contributed by atoms with Crippen LogP contribution in [0, 0.1) is 0 Å². The van der Waals surface area contributed by atoms with E-state index in [0.29, 0.717) is 15.8 Å². The van der Waals surface area contributed by atoms with Crippen LogP contribution in [0.3, 0.4) is 0 Å². The smallest absolute Gasteiger partial charge is 0.341 e. The predicted octanol–water partition coefficient (Wildman–Crippen LogP) is 4.51. The number of rotatable bonds is 7. The monoisotopic (exact) mass is 416 g/mol.